The standard InChI is InChI=1S/C45H50N2O7/c1-31-10-21-42(44(49)46-31)47-30-35-29-38(17-20-41(35)45(47)50)54-27-7-25-52-23-5-22-51-24-6-26-53-37-15-11-33(12-16-37)43-39(32-8-3-2-4-9-32)18-13-34-28-36(48)14-19-40(34)43/h2-4,8-9,11-12,14-17,19-20,28-29,39,42-43,48H,1,5-7,10,13,18,21-27,30H2,(H,46,49)/t39-,42-,43+/m0/s1. The van der Waals surface area contributed by atoms with Crippen LogP contribution in [0.4, 0.5) is 0 Å². The normalized spacial score (nSPS) is 19.3. The Morgan fingerprint density at radius 2 is 1.39 bits per heavy atom. The van der Waals surface area contributed by atoms with Gasteiger partial charge < -0.3 is 34.3 Å². The number of hydrogen-bond donors (Lipinski definition) is 2. The molecule has 4 aromatic carbocycles. The van der Waals surface area contributed by atoms with Gasteiger partial charge in [-0.15, -0.1) is 0 Å². The molecule has 2 heterocycles. The highest BCUT2D eigenvalue weighted by Gasteiger charge is 2.38. The number of amides is 2. The maximum absolute atomic E-state index is 12.9. The predicted molar refractivity (Wildman–Crippen MR) is 207 cm³/mol. The maximum atomic E-state index is 12.9. The molecule has 0 bridgehead atoms. The Labute approximate surface area is 317 Å². The number of aromatic hydroxyl groups is 1. The van der Waals surface area contributed by atoms with E-state index in [0.717, 1.165) is 43.4 Å². The summed E-state index contributed by atoms with van der Waals surface area (Å²) in [7, 11) is 0. The topological polar surface area (TPSA) is 107 Å². The minimum absolute atomic E-state index is 0.111. The lowest BCUT2D eigenvalue weighted by atomic mass is 9.69. The molecule has 0 saturated carbocycles. The van der Waals surface area contributed by atoms with Gasteiger partial charge in [0.1, 0.15) is 23.3 Å². The van der Waals surface area contributed by atoms with Crippen molar-refractivity contribution in [2.75, 3.05) is 39.6 Å². The van der Waals surface area contributed by atoms with Crippen molar-refractivity contribution < 1.29 is 33.6 Å². The van der Waals surface area contributed by atoms with Gasteiger partial charge >= 0.3 is 0 Å². The molecule has 0 radical (unpaired) electrons. The molecule has 1 aliphatic carbocycles. The Morgan fingerprint density at radius 3 is 2.11 bits per heavy atom. The molecule has 3 aliphatic rings. The van der Waals surface area contributed by atoms with Gasteiger partial charge in [-0.25, -0.2) is 0 Å². The Bertz CT molecular complexity index is 1910. The summed E-state index contributed by atoms with van der Waals surface area (Å²) in [5.74, 6) is 2.20. The zero-order chi connectivity index (χ0) is 37.3. The summed E-state index contributed by atoms with van der Waals surface area (Å²) in [6.45, 7) is 7.81. The zero-order valence-corrected chi connectivity index (χ0v) is 30.8. The SMILES string of the molecule is C=C1CC[C@H](N2Cc3cc(OCCCOCCCOCCCOc4ccc([C@H]5c6ccc(O)cc6CC[C@H]5c5ccccc5)cc4)ccc3C2=O)C(=O)N1. The van der Waals surface area contributed by atoms with Crippen molar-refractivity contribution >= 4 is 11.8 Å². The van der Waals surface area contributed by atoms with E-state index < -0.39 is 6.04 Å². The minimum Gasteiger partial charge on any atom is -0.508 e. The van der Waals surface area contributed by atoms with Crippen molar-refractivity contribution in [1.82, 2.24) is 10.2 Å². The van der Waals surface area contributed by atoms with E-state index in [2.05, 4.69) is 72.6 Å². The van der Waals surface area contributed by atoms with Gasteiger partial charge in [0, 0.05) is 63.0 Å². The molecule has 3 atom stereocenters. The monoisotopic (exact) mass is 730 g/mol. The molecular formula is C45H50N2O7. The van der Waals surface area contributed by atoms with Gasteiger partial charge in [0.05, 0.1) is 13.2 Å². The zero-order valence-electron chi connectivity index (χ0n) is 30.8. The van der Waals surface area contributed by atoms with Gasteiger partial charge in [-0.05, 0) is 108 Å². The Kier molecular flexibility index (Phi) is 12.3. The molecule has 0 unspecified atom stereocenters. The summed E-state index contributed by atoms with van der Waals surface area (Å²) >= 11 is 0. The van der Waals surface area contributed by atoms with Gasteiger partial charge in [0.25, 0.3) is 5.91 Å². The molecular weight excluding hydrogens is 681 g/mol. The number of ether oxygens (including phenoxy) is 4. The molecule has 1 fully saturated rings. The summed E-state index contributed by atoms with van der Waals surface area (Å²) in [6.07, 6.45) is 5.63. The van der Waals surface area contributed by atoms with Gasteiger partial charge in [-0.2, -0.15) is 0 Å². The highest BCUT2D eigenvalue weighted by molar-refractivity contribution is 6.01. The third-order valence-electron chi connectivity index (χ3n) is 10.6. The van der Waals surface area contributed by atoms with E-state index in [1.54, 1.807) is 17.0 Å². The fourth-order valence-corrected chi connectivity index (χ4v) is 7.94. The van der Waals surface area contributed by atoms with Crippen molar-refractivity contribution in [3.63, 3.8) is 0 Å². The van der Waals surface area contributed by atoms with Gasteiger partial charge in [0.15, 0.2) is 0 Å². The summed E-state index contributed by atoms with van der Waals surface area (Å²) in [4.78, 5) is 27.0. The number of rotatable bonds is 17. The quantitative estimate of drug-likeness (QED) is 0.108. The van der Waals surface area contributed by atoms with Crippen molar-refractivity contribution in [2.45, 2.75) is 69.4 Å². The van der Waals surface area contributed by atoms with Crippen LogP contribution >= 0.6 is 0 Å². The molecule has 0 aromatic heterocycles. The van der Waals surface area contributed by atoms with E-state index in [9.17, 15) is 14.7 Å². The summed E-state index contributed by atoms with van der Waals surface area (Å²) in [5, 5.41) is 12.9. The molecule has 1 saturated heterocycles. The number of phenols is 1. The van der Waals surface area contributed by atoms with Gasteiger partial charge in [-0.1, -0.05) is 55.1 Å². The molecule has 9 heteroatoms. The van der Waals surface area contributed by atoms with Crippen LogP contribution in [0.5, 0.6) is 17.2 Å². The molecule has 2 aliphatic heterocycles. The molecule has 2 amide bonds. The van der Waals surface area contributed by atoms with Crippen LogP contribution in [0.2, 0.25) is 0 Å². The molecule has 54 heavy (non-hydrogen) atoms. The van der Waals surface area contributed by atoms with Crippen LogP contribution in [0.3, 0.4) is 0 Å². The second-order valence-corrected chi connectivity index (χ2v) is 14.4. The number of carbonyl (C=O) groups is 2. The Balaban J connectivity index is 0.748. The minimum atomic E-state index is -0.467. The number of phenolic OH excluding ortho intramolecular Hbond substituents is 1. The van der Waals surface area contributed by atoms with E-state index >= 15 is 0 Å². The first-order valence-electron chi connectivity index (χ1n) is 19.2. The largest absolute Gasteiger partial charge is 0.508 e. The van der Waals surface area contributed by atoms with Crippen LogP contribution in [-0.4, -0.2) is 67.5 Å². The second-order valence-electron chi connectivity index (χ2n) is 14.4. The highest BCUT2D eigenvalue weighted by Crippen LogP contribution is 2.47. The van der Waals surface area contributed by atoms with Gasteiger partial charge in [0.2, 0.25) is 5.91 Å². The number of allylic oxidation sites excluding steroid dienone is 1. The lowest BCUT2D eigenvalue weighted by Gasteiger charge is -2.34. The molecule has 0 spiro atoms. The first-order chi connectivity index (χ1) is 26.4. The molecule has 4 aromatic rings. The average Bonchev–Trinajstić information content (AvgIpc) is 3.51. The molecule has 2 N–H and O–H groups in total. The van der Waals surface area contributed by atoms with Crippen LogP contribution in [-0.2, 0) is 27.2 Å². The fraction of sp³-hybridized carbons (Fsp3) is 0.378. The van der Waals surface area contributed by atoms with E-state index in [0.29, 0.717) is 87.7 Å². The highest BCUT2D eigenvalue weighted by atomic mass is 16.5. The lowest BCUT2D eigenvalue weighted by Crippen LogP contribution is -2.49. The van der Waals surface area contributed by atoms with Crippen molar-refractivity contribution in [2.24, 2.45) is 0 Å². The van der Waals surface area contributed by atoms with E-state index in [1.807, 2.05) is 18.2 Å². The number of aryl methyl sites for hydroxylation is 1. The number of benzene rings is 4. The molecule has 282 valence electrons. The third-order valence-corrected chi connectivity index (χ3v) is 10.6. The third kappa shape index (κ3) is 8.97. The number of nitrogens with zero attached hydrogens (tertiary/aromatic N) is 1. The summed E-state index contributed by atoms with van der Waals surface area (Å²) in [6, 6.07) is 30.1. The number of hydrogen-bond acceptors (Lipinski definition) is 7. The van der Waals surface area contributed by atoms with E-state index in [-0.39, 0.29) is 17.7 Å². The van der Waals surface area contributed by atoms with Gasteiger partial charge in [-0.3, -0.25) is 9.59 Å². The fourth-order valence-electron chi connectivity index (χ4n) is 7.94. The molecule has 9 nitrogen and oxygen atoms in total. The van der Waals surface area contributed by atoms with Crippen LogP contribution in [0.25, 0.3) is 0 Å². The van der Waals surface area contributed by atoms with Crippen LogP contribution in [0.1, 0.15) is 88.5 Å². The number of fused-ring (bicyclic) bond motifs is 2. The Morgan fingerprint density at radius 1 is 0.704 bits per heavy atom. The van der Waals surface area contributed by atoms with Crippen LogP contribution < -0.4 is 14.8 Å². The average molecular weight is 731 g/mol. The summed E-state index contributed by atoms with van der Waals surface area (Å²) in [5.41, 5.74) is 7.34. The van der Waals surface area contributed by atoms with E-state index in [4.69, 9.17) is 18.9 Å². The number of piperidine rings is 1. The Hall–Kier alpha value is -5.12. The summed E-state index contributed by atoms with van der Waals surface area (Å²) < 4.78 is 23.5. The molecule has 7 rings (SSSR count). The van der Waals surface area contributed by atoms with E-state index in [1.165, 1.54) is 22.3 Å². The van der Waals surface area contributed by atoms with Crippen molar-refractivity contribution in [3.8, 4) is 17.2 Å². The number of carbonyl (C=O) groups excluding carboxylic acids is 2. The van der Waals surface area contributed by atoms with Crippen LogP contribution in [0.15, 0.2) is 103 Å². The first kappa shape index (κ1) is 37.2. The van der Waals surface area contributed by atoms with Crippen LogP contribution in [0, 0.1) is 0 Å². The second kappa shape index (κ2) is 17.8. The number of nitrogens with one attached hydrogen (secondary N) is 1. The first-order valence-corrected chi connectivity index (χ1v) is 19.2. The lowest BCUT2D eigenvalue weighted by molar-refractivity contribution is -0.126. The smallest absolute Gasteiger partial charge is 0.255 e. The maximum Gasteiger partial charge on any atom is 0.255 e. The van der Waals surface area contributed by atoms with Crippen molar-refractivity contribution in [3.05, 3.63) is 137 Å². The van der Waals surface area contributed by atoms with Crippen molar-refractivity contribution in [1.29, 1.82) is 0 Å². The predicted octanol–water partition coefficient (Wildman–Crippen LogP) is 7.66.